The number of hydrogen-bond acceptors (Lipinski definition) is 2. The first-order valence-corrected chi connectivity index (χ1v) is 7.61. The van der Waals surface area contributed by atoms with Gasteiger partial charge in [0.1, 0.15) is 12.6 Å². The average Bonchev–Trinajstić information content (AvgIpc) is 2.45. The van der Waals surface area contributed by atoms with Crippen LogP contribution in [0.25, 0.3) is 0 Å². The first kappa shape index (κ1) is 15.5. The van der Waals surface area contributed by atoms with Crippen LogP contribution in [-0.4, -0.2) is 40.7 Å². The zero-order valence-electron chi connectivity index (χ0n) is 13.1. The van der Waals surface area contributed by atoms with E-state index in [1.54, 1.807) is 9.80 Å². The Hall–Kier alpha value is -1.84. The molecule has 1 fully saturated rings. The summed E-state index contributed by atoms with van der Waals surface area (Å²) >= 11 is 0. The molecule has 1 aromatic rings. The van der Waals surface area contributed by atoms with E-state index in [4.69, 9.17) is 0 Å². The highest BCUT2D eigenvalue weighted by Crippen LogP contribution is 2.17. The maximum Gasteiger partial charge on any atom is 0.245 e. The lowest BCUT2D eigenvalue weighted by atomic mass is 10.1. The van der Waals surface area contributed by atoms with E-state index in [1.807, 2.05) is 37.3 Å². The fourth-order valence-electron chi connectivity index (χ4n) is 2.60. The van der Waals surface area contributed by atoms with Crippen LogP contribution in [0.1, 0.15) is 32.8 Å². The molecule has 1 heterocycles. The van der Waals surface area contributed by atoms with Gasteiger partial charge in [-0.2, -0.15) is 0 Å². The van der Waals surface area contributed by atoms with Crippen LogP contribution in [0.2, 0.25) is 0 Å². The molecular weight excluding hydrogens is 264 g/mol. The summed E-state index contributed by atoms with van der Waals surface area (Å²) in [7, 11) is 0. The van der Waals surface area contributed by atoms with Crippen LogP contribution in [0, 0.1) is 5.92 Å². The third kappa shape index (κ3) is 3.84. The van der Waals surface area contributed by atoms with Crippen molar-refractivity contribution in [3.05, 3.63) is 35.9 Å². The van der Waals surface area contributed by atoms with Crippen molar-refractivity contribution in [2.75, 3.05) is 13.1 Å². The maximum atomic E-state index is 12.5. The molecule has 2 amide bonds. The number of carbonyl (C=O) groups excluding carboxylic acids is 2. The molecule has 0 unspecified atom stereocenters. The van der Waals surface area contributed by atoms with E-state index in [9.17, 15) is 9.59 Å². The number of hydrogen-bond donors (Lipinski definition) is 0. The number of carbonyl (C=O) groups is 2. The zero-order valence-corrected chi connectivity index (χ0v) is 13.1. The predicted molar refractivity (Wildman–Crippen MR) is 82.5 cm³/mol. The van der Waals surface area contributed by atoms with Crippen LogP contribution in [-0.2, 0) is 16.1 Å². The topological polar surface area (TPSA) is 40.6 Å². The molecule has 0 aliphatic carbocycles. The van der Waals surface area contributed by atoms with Gasteiger partial charge in [-0.25, -0.2) is 0 Å². The molecule has 0 saturated carbocycles. The summed E-state index contributed by atoms with van der Waals surface area (Å²) in [6.07, 6.45) is 0.933. The molecule has 1 aliphatic rings. The molecule has 4 heteroatoms. The van der Waals surface area contributed by atoms with Crippen molar-refractivity contribution in [2.45, 2.75) is 39.8 Å². The molecule has 1 aromatic carbocycles. The van der Waals surface area contributed by atoms with Crippen LogP contribution in [0.4, 0.5) is 0 Å². The molecule has 0 aromatic heterocycles. The minimum atomic E-state index is -0.353. The maximum absolute atomic E-state index is 12.5. The number of benzene rings is 1. The highest BCUT2D eigenvalue weighted by atomic mass is 16.2. The van der Waals surface area contributed by atoms with Gasteiger partial charge >= 0.3 is 0 Å². The lowest BCUT2D eigenvalue weighted by Gasteiger charge is -2.39. The third-order valence-corrected chi connectivity index (χ3v) is 3.95. The van der Waals surface area contributed by atoms with Gasteiger partial charge in [0.2, 0.25) is 11.8 Å². The number of nitrogens with zero attached hydrogens (tertiary/aromatic N) is 2. The summed E-state index contributed by atoms with van der Waals surface area (Å²) in [6, 6.07) is 9.45. The molecule has 4 nitrogen and oxygen atoms in total. The average molecular weight is 288 g/mol. The highest BCUT2D eigenvalue weighted by Gasteiger charge is 2.35. The Morgan fingerprint density at radius 1 is 1.19 bits per heavy atom. The van der Waals surface area contributed by atoms with Crippen molar-refractivity contribution in [2.24, 2.45) is 5.92 Å². The van der Waals surface area contributed by atoms with Crippen LogP contribution in [0.5, 0.6) is 0 Å². The quantitative estimate of drug-likeness (QED) is 0.834. The van der Waals surface area contributed by atoms with Crippen molar-refractivity contribution in [1.82, 2.24) is 9.80 Å². The minimum Gasteiger partial charge on any atom is -0.329 e. The van der Waals surface area contributed by atoms with Gasteiger partial charge in [0, 0.05) is 13.1 Å². The fraction of sp³-hybridized carbons (Fsp3) is 0.529. The highest BCUT2D eigenvalue weighted by molar-refractivity contribution is 5.94. The Labute approximate surface area is 126 Å². The van der Waals surface area contributed by atoms with Gasteiger partial charge in [-0.15, -0.1) is 0 Å². The second kappa shape index (κ2) is 6.74. The van der Waals surface area contributed by atoms with E-state index in [0.29, 0.717) is 19.0 Å². The monoisotopic (exact) mass is 288 g/mol. The molecule has 114 valence electrons. The Kier molecular flexibility index (Phi) is 4.99. The summed E-state index contributed by atoms with van der Waals surface area (Å²) in [5.74, 6) is 0.628. The number of piperazine rings is 1. The minimum absolute atomic E-state index is 0.0437. The Balaban J connectivity index is 2.02. The molecular formula is C17H24N2O2. The molecule has 0 N–H and O–H groups in total. The van der Waals surface area contributed by atoms with Gasteiger partial charge in [-0.05, 0) is 24.8 Å². The van der Waals surface area contributed by atoms with E-state index in [-0.39, 0.29) is 24.4 Å². The molecule has 2 rings (SSSR count). The van der Waals surface area contributed by atoms with Crippen LogP contribution < -0.4 is 0 Å². The van der Waals surface area contributed by atoms with Gasteiger partial charge in [0.15, 0.2) is 0 Å². The van der Waals surface area contributed by atoms with Crippen molar-refractivity contribution in [3.8, 4) is 0 Å². The second-order valence-electron chi connectivity index (χ2n) is 6.13. The molecule has 1 saturated heterocycles. The normalized spacial score (nSPS) is 19.5. The molecule has 0 radical (unpaired) electrons. The van der Waals surface area contributed by atoms with E-state index < -0.39 is 0 Å². The number of rotatable bonds is 5. The lowest BCUT2D eigenvalue weighted by Crippen LogP contribution is -2.58. The van der Waals surface area contributed by atoms with Crippen molar-refractivity contribution < 1.29 is 9.59 Å². The SMILES string of the molecule is CC(C)CCN1C(=O)CN(Cc2ccccc2)C(=O)[C@H]1C. The Morgan fingerprint density at radius 3 is 2.48 bits per heavy atom. The summed E-state index contributed by atoms with van der Waals surface area (Å²) < 4.78 is 0. The first-order valence-electron chi connectivity index (χ1n) is 7.61. The molecule has 1 atom stereocenters. The summed E-state index contributed by atoms with van der Waals surface area (Å²) in [4.78, 5) is 28.1. The van der Waals surface area contributed by atoms with Crippen molar-refractivity contribution in [1.29, 1.82) is 0 Å². The fourth-order valence-corrected chi connectivity index (χ4v) is 2.60. The van der Waals surface area contributed by atoms with Crippen LogP contribution in [0.3, 0.4) is 0 Å². The van der Waals surface area contributed by atoms with Gasteiger partial charge < -0.3 is 9.80 Å². The van der Waals surface area contributed by atoms with E-state index in [1.165, 1.54) is 0 Å². The van der Waals surface area contributed by atoms with Gasteiger partial charge in [-0.3, -0.25) is 9.59 Å². The van der Waals surface area contributed by atoms with E-state index in [0.717, 1.165) is 12.0 Å². The Bertz CT molecular complexity index is 499. The first-order chi connectivity index (χ1) is 9.99. The molecule has 21 heavy (non-hydrogen) atoms. The summed E-state index contributed by atoms with van der Waals surface area (Å²) in [5, 5.41) is 0. The second-order valence-corrected chi connectivity index (χ2v) is 6.13. The van der Waals surface area contributed by atoms with Crippen molar-refractivity contribution in [3.63, 3.8) is 0 Å². The van der Waals surface area contributed by atoms with E-state index in [2.05, 4.69) is 13.8 Å². The number of amides is 2. The summed E-state index contributed by atoms with van der Waals surface area (Å²) in [6.45, 7) is 7.45. The van der Waals surface area contributed by atoms with Gasteiger partial charge in [-0.1, -0.05) is 44.2 Å². The largest absolute Gasteiger partial charge is 0.329 e. The van der Waals surface area contributed by atoms with Crippen LogP contribution >= 0.6 is 0 Å². The summed E-state index contributed by atoms with van der Waals surface area (Å²) in [5.41, 5.74) is 1.06. The predicted octanol–water partition coefficient (Wildman–Crippen LogP) is 2.29. The van der Waals surface area contributed by atoms with Crippen molar-refractivity contribution >= 4 is 11.8 Å². The zero-order chi connectivity index (χ0) is 15.4. The Morgan fingerprint density at radius 2 is 1.86 bits per heavy atom. The lowest BCUT2D eigenvalue weighted by molar-refractivity contribution is -0.155. The molecule has 0 bridgehead atoms. The molecule has 0 spiro atoms. The molecule has 1 aliphatic heterocycles. The smallest absolute Gasteiger partial charge is 0.245 e. The standard InChI is InChI=1S/C17H24N2O2/c1-13(2)9-10-19-14(3)17(21)18(12-16(19)20)11-15-7-5-4-6-8-15/h4-8,13-14H,9-12H2,1-3H3/t14-/m1/s1. The van der Waals surface area contributed by atoms with Gasteiger partial charge in [0.05, 0.1) is 0 Å². The van der Waals surface area contributed by atoms with Gasteiger partial charge in [0.25, 0.3) is 0 Å². The third-order valence-electron chi connectivity index (χ3n) is 3.95. The van der Waals surface area contributed by atoms with E-state index >= 15 is 0 Å². The van der Waals surface area contributed by atoms with Crippen LogP contribution in [0.15, 0.2) is 30.3 Å².